The van der Waals surface area contributed by atoms with E-state index in [9.17, 15) is 4.79 Å². The zero-order valence-electron chi connectivity index (χ0n) is 12.0. The Morgan fingerprint density at radius 3 is 2.65 bits per heavy atom. The molecule has 3 N–H and O–H groups in total. The van der Waals surface area contributed by atoms with Crippen molar-refractivity contribution in [2.75, 3.05) is 18.5 Å². The van der Waals surface area contributed by atoms with Crippen LogP contribution in [0, 0.1) is 0 Å². The first-order valence-corrected chi connectivity index (χ1v) is 6.95. The molecule has 110 valence electrons. The molecule has 1 heterocycles. The molecule has 5 nitrogen and oxygen atoms in total. The van der Waals surface area contributed by atoms with E-state index in [1.807, 2.05) is 38.1 Å². The second-order valence-corrected chi connectivity index (χ2v) is 5.39. The maximum absolute atomic E-state index is 12.4. The molecular weight excluding hydrogens is 256 g/mol. The highest BCUT2D eigenvalue weighted by atomic mass is 16.5. The van der Waals surface area contributed by atoms with Gasteiger partial charge in [0.25, 0.3) is 0 Å². The smallest absolute Gasteiger partial charge is 0.244 e. The predicted octanol–water partition coefficient (Wildman–Crippen LogP) is 1.92. The molecule has 1 aliphatic heterocycles. The van der Waals surface area contributed by atoms with Crippen molar-refractivity contribution in [3.05, 3.63) is 24.3 Å². The van der Waals surface area contributed by atoms with Crippen molar-refractivity contribution in [2.24, 2.45) is 5.73 Å². The van der Waals surface area contributed by atoms with Gasteiger partial charge in [0.1, 0.15) is 11.3 Å². The first-order valence-electron chi connectivity index (χ1n) is 6.95. The Labute approximate surface area is 119 Å². The largest absolute Gasteiger partial charge is 0.489 e. The van der Waals surface area contributed by atoms with E-state index >= 15 is 0 Å². The van der Waals surface area contributed by atoms with Gasteiger partial charge in [-0.15, -0.1) is 0 Å². The van der Waals surface area contributed by atoms with Crippen molar-refractivity contribution < 1.29 is 14.3 Å². The van der Waals surface area contributed by atoms with Gasteiger partial charge in [-0.2, -0.15) is 0 Å². The normalized spacial score (nSPS) is 17.8. The lowest BCUT2D eigenvalue weighted by Gasteiger charge is -2.32. The molecule has 2 rings (SSSR count). The summed E-state index contributed by atoms with van der Waals surface area (Å²) in [4.78, 5) is 12.4. The molecule has 0 bridgehead atoms. The number of carbonyl (C=O) groups excluding carboxylic acids is 1. The van der Waals surface area contributed by atoms with E-state index < -0.39 is 5.54 Å². The van der Waals surface area contributed by atoms with E-state index in [4.69, 9.17) is 15.2 Å². The Morgan fingerprint density at radius 1 is 1.35 bits per heavy atom. The average Bonchev–Trinajstić information content (AvgIpc) is 2.41. The number of hydrogen-bond donors (Lipinski definition) is 2. The minimum absolute atomic E-state index is 0.0444. The van der Waals surface area contributed by atoms with Crippen LogP contribution in [0.1, 0.15) is 26.7 Å². The van der Waals surface area contributed by atoms with Crippen LogP contribution in [0.15, 0.2) is 24.3 Å². The predicted molar refractivity (Wildman–Crippen MR) is 77.8 cm³/mol. The number of benzene rings is 1. The Bertz CT molecular complexity index is 468. The van der Waals surface area contributed by atoms with Gasteiger partial charge in [-0.1, -0.05) is 12.1 Å². The van der Waals surface area contributed by atoms with E-state index in [-0.39, 0.29) is 12.0 Å². The summed E-state index contributed by atoms with van der Waals surface area (Å²) >= 11 is 0. The number of para-hydroxylation sites is 2. The fraction of sp³-hybridized carbons (Fsp3) is 0.533. The van der Waals surface area contributed by atoms with E-state index in [0.717, 1.165) is 0 Å². The fourth-order valence-corrected chi connectivity index (χ4v) is 2.14. The first kappa shape index (κ1) is 14.8. The van der Waals surface area contributed by atoms with Crippen molar-refractivity contribution in [2.45, 2.75) is 38.3 Å². The molecule has 0 saturated carbocycles. The van der Waals surface area contributed by atoms with Crippen molar-refractivity contribution in [1.29, 1.82) is 0 Å². The zero-order chi connectivity index (χ0) is 14.6. The van der Waals surface area contributed by atoms with Gasteiger partial charge >= 0.3 is 0 Å². The third-order valence-electron chi connectivity index (χ3n) is 3.34. The minimum atomic E-state index is -0.858. The van der Waals surface area contributed by atoms with Crippen LogP contribution in [0.4, 0.5) is 5.69 Å². The third-order valence-corrected chi connectivity index (χ3v) is 3.34. The highest BCUT2D eigenvalue weighted by molar-refractivity contribution is 5.99. The van der Waals surface area contributed by atoms with Gasteiger partial charge in [-0.3, -0.25) is 4.79 Å². The lowest BCUT2D eigenvalue weighted by molar-refractivity contribution is -0.124. The average molecular weight is 278 g/mol. The Balaban J connectivity index is 2.11. The van der Waals surface area contributed by atoms with Crippen LogP contribution >= 0.6 is 0 Å². The Hall–Kier alpha value is -1.59. The van der Waals surface area contributed by atoms with E-state index in [1.54, 1.807) is 0 Å². The number of carbonyl (C=O) groups is 1. The van der Waals surface area contributed by atoms with E-state index in [1.165, 1.54) is 0 Å². The van der Waals surface area contributed by atoms with Crippen LogP contribution in [0.25, 0.3) is 0 Å². The molecule has 0 spiro atoms. The zero-order valence-corrected chi connectivity index (χ0v) is 12.0. The molecule has 1 aliphatic rings. The molecule has 1 fully saturated rings. The van der Waals surface area contributed by atoms with Crippen LogP contribution in [-0.4, -0.2) is 30.8 Å². The fourth-order valence-electron chi connectivity index (χ4n) is 2.14. The molecule has 1 aromatic carbocycles. The van der Waals surface area contributed by atoms with Crippen molar-refractivity contribution in [3.63, 3.8) is 0 Å². The summed E-state index contributed by atoms with van der Waals surface area (Å²) in [7, 11) is 0. The molecule has 0 aliphatic carbocycles. The van der Waals surface area contributed by atoms with Crippen molar-refractivity contribution in [1.82, 2.24) is 0 Å². The maximum atomic E-state index is 12.4. The topological polar surface area (TPSA) is 73.6 Å². The highest BCUT2D eigenvalue weighted by Crippen LogP contribution is 2.27. The SMILES string of the molecule is CC(C)Oc1ccccc1NC(=O)C1(N)CCOCC1. The van der Waals surface area contributed by atoms with Gasteiger partial charge in [0.2, 0.25) is 5.91 Å². The van der Waals surface area contributed by atoms with Crippen LogP contribution in [0.2, 0.25) is 0 Å². The quantitative estimate of drug-likeness (QED) is 0.882. The second kappa shape index (κ2) is 6.24. The van der Waals surface area contributed by atoms with Crippen molar-refractivity contribution >= 4 is 11.6 Å². The molecule has 5 heteroatoms. The summed E-state index contributed by atoms with van der Waals surface area (Å²) in [6.45, 7) is 4.94. The number of nitrogens with two attached hydrogens (primary N) is 1. The molecule has 0 aromatic heterocycles. The van der Waals surface area contributed by atoms with E-state index in [0.29, 0.717) is 37.5 Å². The minimum Gasteiger partial charge on any atom is -0.489 e. The summed E-state index contributed by atoms with van der Waals surface area (Å²) in [5, 5.41) is 2.88. The van der Waals surface area contributed by atoms with Crippen LogP contribution in [0.5, 0.6) is 5.75 Å². The number of amides is 1. The van der Waals surface area contributed by atoms with Crippen LogP contribution in [0.3, 0.4) is 0 Å². The molecule has 1 aromatic rings. The number of anilines is 1. The molecule has 1 amide bonds. The number of rotatable bonds is 4. The lowest BCUT2D eigenvalue weighted by atomic mass is 9.90. The number of ether oxygens (including phenoxy) is 2. The van der Waals surface area contributed by atoms with Crippen LogP contribution < -0.4 is 15.8 Å². The second-order valence-electron chi connectivity index (χ2n) is 5.39. The standard InChI is InChI=1S/C15H22N2O3/c1-11(2)20-13-6-4-3-5-12(13)17-14(18)15(16)7-9-19-10-8-15/h3-6,11H,7-10,16H2,1-2H3,(H,17,18). The summed E-state index contributed by atoms with van der Waals surface area (Å²) < 4.78 is 10.9. The molecule has 0 radical (unpaired) electrons. The van der Waals surface area contributed by atoms with Crippen molar-refractivity contribution in [3.8, 4) is 5.75 Å². The van der Waals surface area contributed by atoms with Gasteiger partial charge in [0.15, 0.2) is 0 Å². The Morgan fingerprint density at radius 2 is 2.00 bits per heavy atom. The molecule has 20 heavy (non-hydrogen) atoms. The number of hydrogen-bond acceptors (Lipinski definition) is 4. The van der Waals surface area contributed by atoms with Gasteiger partial charge in [0, 0.05) is 13.2 Å². The maximum Gasteiger partial charge on any atom is 0.244 e. The molecule has 1 saturated heterocycles. The molecule has 0 atom stereocenters. The lowest BCUT2D eigenvalue weighted by Crippen LogP contribution is -2.54. The third kappa shape index (κ3) is 3.49. The Kier molecular flexibility index (Phi) is 4.62. The van der Waals surface area contributed by atoms with Gasteiger partial charge in [-0.05, 0) is 38.8 Å². The summed E-state index contributed by atoms with van der Waals surface area (Å²) in [5.74, 6) is 0.479. The monoisotopic (exact) mass is 278 g/mol. The summed E-state index contributed by atoms with van der Waals surface area (Å²) in [6, 6.07) is 7.39. The van der Waals surface area contributed by atoms with Gasteiger partial charge in [0.05, 0.1) is 11.8 Å². The molecular formula is C15H22N2O3. The van der Waals surface area contributed by atoms with E-state index in [2.05, 4.69) is 5.32 Å². The highest BCUT2D eigenvalue weighted by Gasteiger charge is 2.36. The summed E-state index contributed by atoms with van der Waals surface area (Å²) in [6.07, 6.45) is 1.11. The molecule has 0 unspecified atom stereocenters. The number of nitrogens with one attached hydrogen (secondary N) is 1. The van der Waals surface area contributed by atoms with Gasteiger partial charge < -0.3 is 20.5 Å². The van der Waals surface area contributed by atoms with Gasteiger partial charge in [-0.25, -0.2) is 0 Å². The first-order chi connectivity index (χ1) is 9.51. The van der Waals surface area contributed by atoms with Crippen LogP contribution in [-0.2, 0) is 9.53 Å². The summed E-state index contributed by atoms with van der Waals surface area (Å²) in [5.41, 5.74) is 5.97.